The van der Waals surface area contributed by atoms with Crippen molar-refractivity contribution in [2.24, 2.45) is 0 Å². The fraction of sp³-hybridized carbons (Fsp3) is 0.429. The number of Topliss-reactive ketones (excluding diaryl/α,β-unsaturated/α-hetero) is 1. The molecule has 0 N–H and O–H groups in total. The monoisotopic (exact) mass is 233 g/mol. The Kier molecular flexibility index (Phi) is 5.40. The molecule has 0 radical (unpaired) electrons. The van der Waals surface area contributed by atoms with Gasteiger partial charge in [-0.2, -0.15) is 0 Å². The summed E-state index contributed by atoms with van der Waals surface area (Å²) in [4.78, 5) is 24.7. The zero-order valence-corrected chi connectivity index (χ0v) is 10.5. The van der Waals surface area contributed by atoms with E-state index in [1.54, 1.807) is 17.0 Å². The van der Waals surface area contributed by atoms with Crippen LogP contribution >= 0.6 is 0 Å². The summed E-state index contributed by atoms with van der Waals surface area (Å²) in [6.07, 6.45) is 0.997. The molecule has 92 valence electrons. The van der Waals surface area contributed by atoms with E-state index in [-0.39, 0.29) is 11.7 Å². The van der Waals surface area contributed by atoms with Crippen molar-refractivity contribution in [3.8, 4) is 0 Å². The summed E-state index contributed by atoms with van der Waals surface area (Å²) < 4.78 is 0. The molecule has 1 aromatic rings. The third-order valence-electron chi connectivity index (χ3n) is 2.63. The summed E-state index contributed by atoms with van der Waals surface area (Å²) in [7, 11) is 0. The molecule has 3 heteroatoms. The highest BCUT2D eigenvalue weighted by atomic mass is 16.2. The van der Waals surface area contributed by atoms with Crippen LogP contribution in [0.5, 0.6) is 0 Å². The number of amides is 1. The van der Waals surface area contributed by atoms with Gasteiger partial charge in [0.15, 0.2) is 0 Å². The lowest BCUT2D eigenvalue weighted by Crippen LogP contribution is -2.38. The smallest absolute Gasteiger partial charge is 0.253 e. The molecule has 17 heavy (non-hydrogen) atoms. The van der Waals surface area contributed by atoms with E-state index in [0.29, 0.717) is 31.5 Å². The summed E-state index contributed by atoms with van der Waals surface area (Å²) in [5, 5.41) is 0. The van der Waals surface area contributed by atoms with E-state index in [9.17, 15) is 9.59 Å². The molecule has 0 unspecified atom stereocenters. The van der Waals surface area contributed by atoms with E-state index < -0.39 is 0 Å². The number of hydrogen-bond donors (Lipinski definition) is 0. The largest absolute Gasteiger partial charge is 0.338 e. The minimum atomic E-state index is 0.0306. The number of likely N-dealkylation sites (tertiary alicyclic amines) is 1. The highest BCUT2D eigenvalue weighted by molar-refractivity contribution is 5.95. The first kappa shape index (κ1) is 13.4. The quantitative estimate of drug-likeness (QED) is 0.747. The van der Waals surface area contributed by atoms with Crippen molar-refractivity contribution < 1.29 is 9.59 Å². The predicted molar refractivity (Wildman–Crippen MR) is 67.9 cm³/mol. The van der Waals surface area contributed by atoms with Crippen LogP contribution in [0.4, 0.5) is 0 Å². The molecular weight excluding hydrogens is 214 g/mol. The SMILES string of the molecule is CC.O=C1CCN(C(=O)c2ccccc2)CC1. The second-order valence-electron chi connectivity index (χ2n) is 3.70. The number of hydrogen-bond acceptors (Lipinski definition) is 2. The molecule has 1 fully saturated rings. The molecule has 2 rings (SSSR count). The third-order valence-corrected chi connectivity index (χ3v) is 2.63. The van der Waals surface area contributed by atoms with Crippen molar-refractivity contribution in [1.82, 2.24) is 4.90 Å². The van der Waals surface area contributed by atoms with Crippen molar-refractivity contribution in [3.05, 3.63) is 35.9 Å². The minimum Gasteiger partial charge on any atom is -0.338 e. The number of carbonyl (C=O) groups excluding carboxylic acids is 2. The van der Waals surface area contributed by atoms with Gasteiger partial charge in [-0.1, -0.05) is 32.0 Å². The van der Waals surface area contributed by atoms with Gasteiger partial charge in [0.25, 0.3) is 5.91 Å². The van der Waals surface area contributed by atoms with Gasteiger partial charge >= 0.3 is 0 Å². The van der Waals surface area contributed by atoms with Crippen LogP contribution in [-0.2, 0) is 4.79 Å². The number of rotatable bonds is 1. The maximum atomic E-state index is 11.9. The minimum absolute atomic E-state index is 0.0306. The van der Waals surface area contributed by atoms with Crippen LogP contribution in [-0.4, -0.2) is 29.7 Å². The maximum Gasteiger partial charge on any atom is 0.253 e. The molecular formula is C14H19NO2. The summed E-state index contributed by atoms with van der Waals surface area (Å²) in [6, 6.07) is 9.19. The topological polar surface area (TPSA) is 37.4 Å². The molecule has 0 aliphatic carbocycles. The summed E-state index contributed by atoms with van der Waals surface area (Å²) >= 11 is 0. The van der Waals surface area contributed by atoms with Crippen LogP contribution in [0.15, 0.2) is 30.3 Å². The first-order valence-electron chi connectivity index (χ1n) is 6.13. The standard InChI is InChI=1S/C12H13NO2.C2H6/c14-11-6-8-13(9-7-11)12(15)10-4-2-1-3-5-10;1-2/h1-5H,6-9H2;1-2H3. The average molecular weight is 233 g/mol. The fourth-order valence-electron chi connectivity index (χ4n) is 1.72. The van der Waals surface area contributed by atoms with E-state index in [2.05, 4.69) is 0 Å². The Morgan fingerprint density at radius 2 is 1.59 bits per heavy atom. The molecule has 3 nitrogen and oxygen atoms in total. The van der Waals surface area contributed by atoms with E-state index in [4.69, 9.17) is 0 Å². The van der Waals surface area contributed by atoms with Crippen molar-refractivity contribution in [1.29, 1.82) is 0 Å². The lowest BCUT2D eigenvalue weighted by molar-refractivity contribution is -0.120. The lowest BCUT2D eigenvalue weighted by Gasteiger charge is -2.26. The molecule has 0 bridgehead atoms. The van der Waals surface area contributed by atoms with Gasteiger partial charge in [0.1, 0.15) is 5.78 Å². The number of ketones is 1. The number of piperidine rings is 1. The molecule has 1 aliphatic heterocycles. The second-order valence-corrected chi connectivity index (χ2v) is 3.70. The third kappa shape index (κ3) is 3.70. The van der Waals surface area contributed by atoms with Gasteiger partial charge in [-0.25, -0.2) is 0 Å². The van der Waals surface area contributed by atoms with Gasteiger partial charge in [0.05, 0.1) is 0 Å². The Labute approximate surface area is 102 Å². The molecule has 0 spiro atoms. The fourth-order valence-corrected chi connectivity index (χ4v) is 1.72. The predicted octanol–water partition coefficient (Wildman–Crippen LogP) is 2.52. The van der Waals surface area contributed by atoms with Crippen LogP contribution in [0, 0.1) is 0 Å². The molecule has 1 amide bonds. The summed E-state index contributed by atoms with van der Waals surface area (Å²) in [5.41, 5.74) is 0.701. The number of nitrogens with zero attached hydrogens (tertiary/aromatic N) is 1. The number of carbonyl (C=O) groups is 2. The van der Waals surface area contributed by atoms with Crippen LogP contribution in [0.25, 0.3) is 0 Å². The molecule has 0 aromatic heterocycles. The Morgan fingerprint density at radius 1 is 1.06 bits per heavy atom. The van der Waals surface area contributed by atoms with Gasteiger partial charge in [-0.05, 0) is 12.1 Å². The van der Waals surface area contributed by atoms with Crippen molar-refractivity contribution in [2.75, 3.05) is 13.1 Å². The van der Waals surface area contributed by atoms with E-state index in [1.807, 2.05) is 32.0 Å². The van der Waals surface area contributed by atoms with E-state index in [0.717, 1.165) is 0 Å². The summed E-state index contributed by atoms with van der Waals surface area (Å²) in [5.74, 6) is 0.287. The Morgan fingerprint density at radius 3 is 2.12 bits per heavy atom. The van der Waals surface area contributed by atoms with Crippen LogP contribution in [0.3, 0.4) is 0 Å². The van der Waals surface area contributed by atoms with E-state index in [1.165, 1.54) is 0 Å². The van der Waals surface area contributed by atoms with Crippen LogP contribution in [0.2, 0.25) is 0 Å². The Balaban J connectivity index is 0.000000686. The molecule has 1 heterocycles. The molecule has 1 aromatic carbocycles. The zero-order chi connectivity index (χ0) is 12.7. The Hall–Kier alpha value is -1.64. The van der Waals surface area contributed by atoms with Crippen LogP contribution < -0.4 is 0 Å². The zero-order valence-electron chi connectivity index (χ0n) is 10.5. The normalized spacial score (nSPS) is 14.9. The number of benzene rings is 1. The molecule has 1 aliphatic rings. The second kappa shape index (κ2) is 6.84. The van der Waals surface area contributed by atoms with E-state index >= 15 is 0 Å². The van der Waals surface area contributed by atoms with Gasteiger partial charge in [-0.15, -0.1) is 0 Å². The average Bonchev–Trinajstić information content (AvgIpc) is 2.42. The highest BCUT2D eigenvalue weighted by Crippen LogP contribution is 2.10. The van der Waals surface area contributed by atoms with Gasteiger partial charge < -0.3 is 4.90 Å². The Bertz CT molecular complexity index is 363. The molecule has 0 atom stereocenters. The van der Waals surface area contributed by atoms with Gasteiger partial charge in [0, 0.05) is 31.5 Å². The van der Waals surface area contributed by atoms with Gasteiger partial charge in [0.2, 0.25) is 0 Å². The maximum absolute atomic E-state index is 11.9. The van der Waals surface area contributed by atoms with Crippen molar-refractivity contribution >= 4 is 11.7 Å². The van der Waals surface area contributed by atoms with Crippen molar-refractivity contribution in [3.63, 3.8) is 0 Å². The first-order valence-corrected chi connectivity index (χ1v) is 6.13. The molecule has 0 saturated carbocycles. The van der Waals surface area contributed by atoms with Gasteiger partial charge in [-0.3, -0.25) is 9.59 Å². The van der Waals surface area contributed by atoms with Crippen molar-refractivity contribution in [2.45, 2.75) is 26.7 Å². The molecule has 1 saturated heterocycles. The van der Waals surface area contributed by atoms with Crippen LogP contribution in [0.1, 0.15) is 37.0 Å². The highest BCUT2D eigenvalue weighted by Gasteiger charge is 2.21. The first-order chi connectivity index (χ1) is 8.27. The lowest BCUT2D eigenvalue weighted by atomic mass is 10.1. The summed E-state index contributed by atoms with van der Waals surface area (Å²) in [6.45, 7) is 5.12.